The molecule has 3 aliphatic rings. The zero-order valence-electron chi connectivity index (χ0n) is 48.9. The molecule has 0 amide bonds. The number of nitrogens with two attached hydrogens (primary N) is 4. The van der Waals surface area contributed by atoms with Crippen molar-refractivity contribution in [3.8, 4) is 0 Å². The number of carbonyl (C=O) groups excluding carboxylic acids is 1. The molecule has 4 heterocycles. The second-order valence-corrected chi connectivity index (χ2v) is 23.8. The van der Waals surface area contributed by atoms with Crippen LogP contribution in [0.25, 0.3) is 5.70 Å². The van der Waals surface area contributed by atoms with Crippen LogP contribution in [0.5, 0.6) is 0 Å². The van der Waals surface area contributed by atoms with Crippen LogP contribution in [0.4, 0.5) is 5.69 Å². The second-order valence-electron chi connectivity index (χ2n) is 23.8. The molecule has 78 heavy (non-hydrogen) atoms. The number of anilines is 1. The first kappa shape index (κ1) is 64.8. The summed E-state index contributed by atoms with van der Waals surface area (Å²) in [6, 6.07) is 12.5. The molecule has 20 nitrogen and oxygen atoms in total. The number of hydrazine groups is 2. The van der Waals surface area contributed by atoms with Crippen LogP contribution in [-0.2, 0) is 34.9 Å². The third kappa shape index (κ3) is 16.3. The van der Waals surface area contributed by atoms with E-state index >= 15 is 0 Å². The summed E-state index contributed by atoms with van der Waals surface area (Å²) < 4.78 is 32.2. The number of likely N-dealkylation sites (N-methyl/N-ethyl adjacent to an activating group) is 2. The molecule has 0 bridgehead atoms. The van der Waals surface area contributed by atoms with Gasteiger partial charge in [0.25, 0.3) is 0 Å². The van der Waals surface area contributed by atoms with E-state index < -0.39 is 102 Å². The number of ether oxygens (including phenoxy) is 5. The highest BCUT2D eigenvalue weighted by Crippen LogP contribution is 2.45. The van der Waals surface area contributed by atoms with E-state index in [4.69, 9.17) is 46.8 Å². The van der Waals surface area contributed by atoms with Crippen molar-refractivity contribution in [3.63, 3.8) is 0 Å². The summed E-state index contributed by atoms with van der Waals surface area (Å²) in [4.78, 5) is 22.9. The van der Waals surface area contributed by atoms with Crippen LogP contribution >= 0.6 is 0 Å². The maximum Gasteiger partial charge on any atom is 0.309 e. The number of aliphatic hydroxyl groups is 5. The molecular formula is C58H99N9O11. The molecule has 3 fully saturated rings. The van der Waals surface area contributed by atoms with Crippen molar-refractivity contribution in [2.45, 2.75) is 205 Å². The predicted molar refractivity (Wildman–Crippen MR) is 302 cm³/mol. The van der Waals surface area contributed by atoms with Crippen molar-refractivity contribution in [3.05, 3.63) is 78.0 Å². The monoisotopic (exact) mass is 1100 g/mol. The maximum atomic E-state index is 14.6. The first-order valence-electron chi connectivity index (χ1n) is 28.1. The molecule has 1 aromatic heterocycles. The molecule has 5 rings (SSSR count). The number of unbranched alkanes of at least 4 members (excludes halogenated alkanes) is 1. The number of carbonyl (C=O) groups is 1. The van der Waals surface area contributed by atoms with E-state index in [1.165, 1.54) is 24.6 Å². The Balaban J connectivity index is 1.30. The fourth-order valence-electron chi connectivity index (χ4n) is 12.3. The smallest absolute Gasteiger partial charge is 0.309 e. The molecule has 18 atom stereocenters. The standard InChI is InChI=1S/C58H99N9O11/c1-14-48-58(10,73)51(69)39(6)65(12)32-35(2)30-56(8,72)53(37(4)49(38(5)54(71)77-48)47-31-57(9,74-13)52(70)40(7)76-47)78-55-50(68)46(29-36(3)75-55)64(11)28-25-42(59)33-66(61)27-18-16-19-41-21-23-43(24-22-41)67(62)34-44(60)45-20-15-17-26-63-45/h15,17,20-24,26,33-40,46-53,55,68-70,72-73H,14,16,18-19,25,27-32,59-62H2,1-13H3/b42-33-,44-34-/t35-,36-,37+,38-,39-,40+,46+,47?,48-,49+,50-,51-,52+,53-,55+,56-,57-,58-/m1/s1. The fraction of sp³-hybridized carbons (Fsp3) is 0.724. The number of aromatic nitrogens is 1. The van der Waals surface area contributed by atoms with Gasteiger partial charge in [-0.1, -0.05) is 45.9 Å². The number of pyridine rings is 1. The number of esters is 1. The average molecular weight is 1100 g/mol. The topological polar surface area (TPSA) is 294 Å². The van der Waals surface area contributed by atoms with Gasteiger partial charge in [-0.05, 0) is 136 Å². The van der Waals surface area contributed by atoms with Crippen LogP contribution in [0.15, 0.2) is 66.8 Å². The van der Waals surface area contributed by atoms with Crippen LogP contribution in [-0.4, -0.2) is 176 Å². The lowest BCUT2D eigenvalue weighted by Gasteiger charge is -2.51. The van der Waals surface area contributed by atoms with Crippen molar-refractivity contribution in [2.75, 3.05) is 45.8 Å². The minimum Gasteiger partial charge on any atom is -0.459 e. The molecule has 13 N–H and O–H groups in total. The van der Waals surface area contributed by atoms with Gasteiger partial charge in [0.15, 0.2) is 6.29 Å². The van der Waals surface area contributed by atoms with E-state index in [2.05, 4.69) is 4.98 Å². The Morgan fingerprint density at radius 3 is 2.23 bits per heavy atom. The molecule has 0 spiro atoms. The lowest BCUT2D eigenvalue weighted by Crippen LogP contribution is -2.62. The van der Waals surface area contributed by atoms with E-state index in [0.29, 0.717) is 49.6 Å². The second kappa shape index (κ2) is 28.1. The van der Waals surface area contributed by atoms with Gasteiger partial charge in [-0.3, -0.25) is 14.8 Å². The van der Waals surface area contributed by atoms with E-state index in [1.54, 1.807) is 51.3 Å². The van der Waals surface area contributed by atoms with Crippen LogP contribution in [0, 0.1) is 23.7 Å². The number of aryl methyl sites for hydroxylation is 1. The molecule has 3 saturated heterocycles. The van der Waals surface area contributed by atoms with Gasteiger partial charge in [-0.2, -0.15) is 0 Å². The summed E-state index contributed by atoms with van der Waals surface area (Å²) in [6.45, 7) is 19.4. The number of hydrogen-bond donors (Lipinski definition) is 9. The summed E-state index contributed by atoms with van der Waals surface area (Å²) in [5.74, 6) is 9.50. The van der Waals surface area contributed by atoms with Crippen molar-refractivity contribution >= 4 is 17.4 Å². The normalized spacial score (nSPS) is 37.3. The van der Waals surface area contributed by atoms with Gasteiger partial charge in [-0.15, -0.1) is 0 Å². The molecule has 442 valence electrons. The van der Waals surface area contributed by atoms with Gasteiger partial charge in [-0.25, -0.2) is 11.7 Å². The van der Waals surface area contributed by atoms with Crippen molar-refractivity contribution in [1.29, 1.82) is 0 Å². The quantitative estimate of drug-likeness (QED) is 0.0442. The summed E-state index contributed by atoms with van der Waals surface area (Å²) in [6.07, 6.45) is 0.667. The first-order chi connectivity index (χ1) is 36.5. The maximum absolute atomic E-state index is 14.6. The molecule has 2 aromatic rings. The van der Waals surface area contributed by atoms with Crippen LogP contribution < -0.4 is 28.2 Å². The number of methoxy groups -OCH3 is 1. The number of cyclic esters (lactones) is 1. The molecule has 3 aliphatic heterocycles. The number of nitrogens with zero attached hydrogens (tertiary/aromatic N) is 5. The molecule has 1 unspecified atom stereocenters. The highest BCUT2D eigenvalue weighted by atomic mass is 16.7. The zero-order valence-corrected chi connectivity index (χ0v) is 48.9. The molecule has 0 radical (unpaired) electrons. The molecule has 20 heteroatoms. The lowest BCUT2D eigenvalue weighted by molar-refractivity contribution is -0.302. The number of rotatable bonds is 18. The van der Waals surface area contributed by atoms with E-state index in [-0.39, 0.29) is 31.3 Å². The van der Waals surface area contributed by atoms with Crippen molar-refractivity contribution < 1.29 is 54.0 Å². The minimum atomic E-state index is -1.82. The first-order valence-corrected chi connectivity index (χ1v) is 28.1. The van der Waals surface area contributed by atoms with E-state index in [0.717, 1.165) is 24.9 Å². The fourth-order valence-corrected chi connectivity index (χ4v) is 12.3. The van der Waals surface area contributed by atoms with Gasteiger partial charge in [0.1, 0.15) is 30.0 Å². The minimum absolute atomic E-state index is 0.180. The highest BCUT2D eigenvalue weighted by molar-refractivity contribution is 5.73. The number of aliphatic hydroxyl groups excluding tert-OH is 3. The zero-order chi connectivity index (χ0) is 58.0. The summed E-state index contributed by atoms with van der Waals surface area (Å²) in [5, 5.41) is 63.3. The molecular weight excluding hydrogens is 999 g/mol. The van der Waals surface area contributed by atoms with Crippen LogP contribution in [0.2, 0.25) is 0 Å². The molecule has 0 aliphatic carbocycles. The average Bonchev–Trinajstić information content (AvgIpc) is 3.49. The van der Waals surface area contributed by atoms with E-state index in [1.807, 2.05) is 101 Å². The Bertz CT molecular complexity index is 2230. The van der Waals surface area contributed by atoms with Crippen LogP contribution in [0.1, 0.15) is 125 Å². The predicted octanol–water partition coefficient (Wildman–Crippen LogP) is 3.97. The highest BCUT2D eigenvalue weighted by Gasteiger charge is 2.55. The van der Waals surface area contributed by atoms with Crippen molar-refractivity contribution in [2.24, 2.45) is 46.8 Å². The summed E-state index contributed by atoms with van der Waals surface area (Å²) in [7, 11) is 5.30. The molecule has 1 aromatic carbocycles. The Kier molecular flexibility index (Phi) is 23.4. The summed E-state index contributed by atoms with van der Waals surface area (Å²) in [5.41, 5.74) is 11.9. The van der Waals surface area contributed by atoms with Crippen LogP contribution in [0.3, 0.4) is 0 Å². The van der Waals surface area contributed by atoms with Gasteiger partial charge in [0.2, 0.25) is 0 Å². The van der Waals surface area contributed by atoms with Gasteiger partial charge in [0, 0.05) is 81.9 Å². The van der Waals surface area contributed by atoms with Gasteiger partial charge < -0.3 is 75.5 Å². The number of benzene rings is 1. The Hall–Kier alpha value is -4.00. The van der Waals surface area contributed by atoms with Crippen molar-refractivity contribution in [1.82, 2.24) is 19.8 Å². The Labute approximate surface area is 465 Å². The van der Waals surface area contributed by atoms with Gasteiger partial charge >= 0.3 is 5.97 Å². The lowest BCUT2D eigenvalue weighted by atomic mass is 9.68. The van der Waals surface area contributed by atoms with Gasteiger partial charge in [0.05, 0.1) is 58.6 Å². The SMILES string of the molecule is CC[C@H]1OC(=O)[C@H](C)[C@@H](C2C[C@@](C)(OC)[C@@H](O)[C@H](C)O2)[C@H](C)[C@@H](O[C@@H]2O[C@H](C)C[C@H](N(C)CC/C(N)=C/N(N)CCCCc3ccc(N(N)/C=C(\N)c4ccccn4)cc3)[C@H]2O)[C@](C)(O)C[C@@H](C)CN(C)[C@H](C)[C@@H](O)[C@]1(C)O. The largest absolute Gasteiger partial charge is 0.459 e. The third-order valence-electron chi connectivity index (χ3n) is 17.2. The Morgan fingerprint density at radius 2 is 1.60 bits per heavy atom. The number of hydrogen-bond acceptors (Lipinski definition) is 20. The molecule has 0 saturated carbocycles. The van der Waals surface area contributed by atoms with E-state index in [9.17, 15) is 30.3 Å². The third-order valence-corrected chi connectivity index (χ3v) is 17.2. The Morgan fingerprint density at radius 1 is 0.923 bits per heavy atom. The summed E-state index contributed by atoms with van der Waals surface area (Å²) >= 11 is 0.